The Morgan fingerprint density at radius 2 is 1.23 bits per heavy atom. The van der Waals surface area contributed by atoms with Gasteiger partial charge in [0.25, 0.3) is 11.4 Å². The fraction of sp³-hybridized carbons (Fsp3) is 0.857. The second-order valence-electron chi connectivity index (χ2n) is 4.41. The van der Waals surface area contributed by atoms with Gasteiger partial charge in [-0.3, -0.25) is 20.2 Å². The zero-order valence-electron chi connectivity index (χ0n) is 14.0. The Morgan fingerprint density at radius 3 is 1.50 bits per heavy atom. The Bertz CT molecular complexity index is 247. The number of carbonyl (C=O) groups excluding carboxylic acids is 1. The molecular formula is C14H29NaO6S. The van der Waals surface area contributed by atoms with E-state index in [1.165, 1.54) is 58.2 Å². The number of aliphatic carboxylic acids is 1. The first-order chi connectivity index (χ1) is 9.92. The molecule has 0 aliphatic rings. The van der Waals surface area contributed by atoms with E-state index in [-0.39, 0.29) is 29.6 Å². The van der Waals surface area contributed by atoms with Crippen molar-refractivity contribution in [1.82, 2.24) is 0 Å². The van der Waals surface area contributed by atoms with Crippen LogP contribution in [0.3, 0.4) is 0 Å². The van der Waals surface area contributed by atoms with Crippen LogP contribution in [0, 0.1) is 0 Å². The van der Waals surface area contributed by atoms with Gasteiger partial charge in [-0.25, -0.2) is 0 Å². The first-order valence-electron chi connectivity index (χ1n) is 7.22. The summed E-state index contributed by atoms with van der Waals surface area (Å²) in [6.45, 7) is 3.55. The molecule has 128 valence electrons. The van der Waals surface area contributed by atoms with Gasteiger partial charge >= 0.3 is 35.5 Å². The van der Waals surface area contributed by atoms with Crippen molar-refractivity contribution < 1.29 is 57.6 Å². The summed E-state index contributed by atoms with van der Waals surface area (Å²) in [6.07, 6.45) is 13.0. The molecule has 0 spiro atoms. The molecule has 0 bridgehead atoms. The number of hydrogen-bond donors (Lipinski definition) is 3. The summed E-state index contributed by atoms with van der Waals surface area (Å²) >= 11 is -2.61. The van der Waals surface area contributed by atoms with Crippen molar-refractivity contribution >= 4 is 23.6 Å². The van der Waals surface area contributed by atoms with E-state index in [1.54, 1.807) is 0 Å². The van der Waals surface area contributed by atoms with Gasteiger partial charge < -0.3 is 9.90 Å². The number of carbonyl (C=O) groups is 1. The molecule has 0 aromatic carbocycles. The van der Waals surface area contributed by atoms with Gasteiger partial charge in [-0.2, -0.15) is 11.1 Å². The molecule has 0 aliphatic carbocycles. The van der Waals surface area contributed by atoms with Crippen LogP contribution in [0.5, 0.6) is 0 Å². The minimum Gasteiger partial charge on any atom is -0.542 e. The van der Waals surface area contributed by atoms with E-state index in [0.717, 1.165) is 12.8 Å². The van der Waals surface area contributed by atoms with Crippen molar-refractivity contribution in [2.24, 2.45) is 0 Å². The molecule has 0 saturated carbocycles. The van der Waals surface area contributed by atoms with Gasteiger partial charge in [-0.1, -0.05) is 58.3 Å². The molecule has 0 aliphatic heterocycles. The van der Waals surface area contributed by atoms with Gasteiger partial charge in [0.05, 0.1) is 0 Å². The largest absolute Gasteiger partial charge is 1.00 e. The third kappa shape index (κ3) is 59.3. The summed E-state index contributed by atoms with van der Waals surface area (Å²) in [6, 6.07) is 0. The monoisotopic (exact) mass is 348 g/mol. The SMILES string of the molecule is CCCCCCCCCCCC(=O)O.C[C-]=O.O=S(O)O.[Na+]. The van der Waals surface area contributed by atoms with Gasteiger partial charge in [-0.15, -0.1) is 0 Å². The summed E-state index contributed by atoms with van der Waals surface area (Å²) in [5.74, 6) is -0.659. The molecule has 0 saturated heterocycles. The maximum Gasteiger partial charge on any atom is 1.00 e. The van der Waals surface area contributed by atoms with Crippen LogP contribution in [-0.2, 0) is 21.0 Å². The number of unbranched alkanes of at least 4 members (excludes halogenated alkanes) is 8. The van der Waals surface area contributed by atoms with Crippen molar-refractivity contribution in [3.05, 3.63) is 0 Å². The molecule has 6 nitrogen and oxygen atoms in total. The van der Waals surface area contributed by atoms with Gasteiger partial charge in [0, 0.05) is 6.42 Å². The van der Waals surface area contributed by atoms with Crippen LogP contribution in [0.4, 0.5) is 0 Å². The molecule has 0 fully saturated rings. The molecule has 0 atom stereocenters. The molecule has 0 heterocycles. The first-order valence-corrected chi connectivity index (χ1v) is 8.29. The fourth-order valence-electron chi connectivity index (χ4n) is 1.59. The van der Waals surface area contributed by atoms with Crippen LogP contribution in [0.2, 0.25) is 0 Å². The topological polar surface area (TPSA) is 112 Å². The minimum absolute atomic E-state index is 0. The second-order valence-corrected chi connectivity index (χ2v) is 4.87. The van der Waals surface area contributed by atoms with Crippen LogP contribution >= 0.6 is 0 Å². The quantitative estimate of drug-likeness (QED) is 0.233. The normalized spacial score (nSPS) is 8.77. The third-order valence-electron chi connectivity index (χ3n) is 2.49. The molecule has 8 heteroatoms. The molecule has 0 rings (SSSR count). The summed E-state index contributed by atoms with van der Waals surface area (Å²) < 4.78 is 22.8. The van der Waals surface area contributed by atoms with Gasteiger partial charge in [-0.05, 0) is 6.42 Å². The Kier molecular flexibility index (Phi) is 40.1. The first kappa shape index (κ1) is 30.1. The molecule has 22 heavy (non-hydrogen) atoms. The van der Waals surface area contributed by atoms with Crippen LogP contribution in [0.15, 0.2) is 0 Å². The molecule has 0 amide bonds. The van der Waals surface area contributed by atoms with E-state index in [2.05, 4.69) is 6.92 Å². The molecule has 0 aromatic heterocycles. The summed E-state index contributed by atoms with van der Waals surface area (Å²) in [5, 5.41) is 8.41. The van der Waals surface area contributed by atoms with E-state index >= 15 is 0 Å². The number of hydrogen-bond acceptors (Lipinski definition) is 3. The van der Waals surface area contributed by atoms with Crippen LogP contribution < -0.4 is 29.6 Å². The van der Waals surface area contributed by atoms with E-state index in [4.69, 9.17) is 23.2 Å². The van der Waals surface area contributed by atoms with E-state index in [9.17, 15) is 4.79 Å². The molecular weight excluding hydrogens is 319 g/mol. The van der Waals surface area contributed by atoms with Gasteiger partial charge in [0.15, 0.2) is 0 Å². The zero-order chi connectivity index (χ0) is 16.9. The van der Waals surface area contributed by atoms with Gasteiger partial charge in [0.2, 0.25) is 0 Å². The van der Waals surface area contributed by atoms with Crippen molar-refractivity contribution in [2.75, 3.05) is 0 Å². The van der Waals surface area contributed by atoms with Crippen molar-refractivity contribution in [3.63, 3.8) is 0 Å². The second kappa shape index (κ2) is 29.2. The Hall–Kier alpha value is 0.210. The third-order valence-corrected chi connectivity index (χ3v) is 2.49. The average molecular weight is 348 g/mol. The van der Waals surface area contributed by atoms with Crippen molar-refractivity contribution in [2.45, 2.75) is 78.1 Å². The predicted octanol–water partition coefficient (Wildman–Crippen LogP) is 0.793. The number of carboxylic acids is 1. The van der Waals surface area contributed by atoms with E-state index < -0.39 is 17.3 Å². The zero-order valence-corrected chi connectivity index (χ0v) is 16.9. The Labute approximate surface area is 158 Å². The average Bonchev–Trinajstić information content (AvgIpc) is 2.37. The maximum absolute atomic E-state index is 10.2. The van der Waals surface area contributed by atoms with Gasteiger partial charge in [0.1, 0.15) is 0 Å². The Morgan fingerprint density at radius 1 is 0.955 bits per heavy atom. The van der Waals surface area contributed by atoms with Crippen molar-refractivity contribution in [3.8, 4) is 0 Å². The standard InChI is InChI=1S/C12H24O2.C2H3O.Na.H2O3S/c1-2-3-4-5-6-7-8-9-10-11-12(13)14;1-2-3;;1-4(2)3/h2-11H2,1H3,(H,13,14);1H3;;(H2,1,2,3)/q;-1;+1;. The number of rotatable bonds is 10. The molecule has 3 N–H and O–H groups in total. The van der Waals surface area contributed by atoms with Crippen molar-refractivity contribution in [1.29, 1.82) is 0 Å². The Balaban J connectivity index is -0.000000171. The summed E-state index contributed by atoms with van der Waals surface area (Å²) in [5.41, 5.74) is 0. The fourth-order valence-corrected chi connectivity index (χ4v) is 1.59. The van der Waals surface area contributed by atoms with Crippen LogP contribution in [0.1, 0.15) is 78.1 Å². The molecule has 0 unspecified atom stereocenters. The van der Waals surface area contributed by atoms with Crippen LogP contribution in [0.25, 0.3) is 0 Å². The summed E-state index contributed by atoms with van der Waals surface area (Å²) in [7, 11) is 0. The maximum atomic E-state index is 10.2. The predicted molar refractivity (Wildman–Crippen MR) is 84.2 cm³/mol. The van der Waals surface area contributed by atoms with E-state index in [0.29, 0.717) is 6.42 Å². The molecule has 0 aromatic rings. The van der Waals surface area contributed by atoms with Crippen LogP contribution in [-0.4, -0.2) is 30.7 Å². The minimum atomic E-state index is -2.61. The summed E-state index contributed by atoms with van der Waals surface area (Å²) in [4.78, 5) is 18.9. The smallest absolute Gasteiger partial charge is 0.542 e. The number of carboxylic acid groups (broad SMARTS) is 1. The van der Waals surface area contributed by atoms with E-state index in [1.807, 2.05) is 0 Å². The molecule has 0 radical (unpaired) electrons.